The van der Waals surface area contributed by atoms with E-state index in [0.29, 0.717) is 11.4 Å². The molecule has 9 nitrogen and oxygen atoms in total. The lowest BCUT2D eigenvalue weighted by Gasteiger charge is -2.34. The van der Waals surface area contributed by atoms with Crippen molar-refractivity contribution in [2.24, 2.45) is 0 Å². The van der Waals surface area contributed by atoms with Crippen molar-refractivity contribution in [2.75, 3.05) is 25.1 Å². The van der Waals surface area contributed by atoms with Gasteiger partial charge >= 0.3 is 0 Å². The highest BCUT2D eigenvalue weighted by molar-refractivity contribution is 9.10. The van der Waals surface area contributed by atoms with Gasteiger partial charge in [-0.15, -0.1) is 0 Å². The monoisotopic (exact) mass is 761 g/mol. The van der Waals surface area contributed by atoms with E-state index in [1.54, 1.807) is 12.1 Å². The molecular formula is C39H44BrN3O6S. The normalized spacial score (nSPS) is 13.8. The van der Waals surface area contributed by atoms with Crippen LogP contribution in [0.5, 0.6) is 11.5 Å². The Morgan fingerprint density at radius 1 is 0.840 bits per heavy atom. The van der Waals surface area contributed by atoms with Crippen molar-refractivity contribution in [3.05, 3.63) is 118 Å². The average Bonchev–Trinajstić information content (AvgIpc) is 3.62. The molecule has 11 heteroatoms. The fourth-order valence-electron chi connectivity index (χ4n) is 6.44. The van der Waals surface area contributed by atoms with Gasteiger partial charge in [0.2, 0.25) is 11.8 Å². The Hall–Kier alpha value is -4.35. The first-order valence-corrected chi connectivity index (χ1v) is 18.9. The molecule has 1 atom stereocenters. The van der Waals surface area contributed by atoms with Crippen molar-refractivity contribution in [3.8, 4) is 11.5 Å². The number of halogens is 1. The maximum absolute atomic E-state index is 14.8. The summed E-state index contributed by atoms with van der Waals surface area (Å²) < 4.78 is 41.9. The van der Waals surface area contributed by atoms with Gasteiger partial charge in [0.15, 0.2) is 11.5 Å². The van der Waals surface area contributed by atoms with Crippen LogP contribution in [-0.4, -0.2) is 58.0 Å². The fraction of sp³-hybridized carbons (Fsp3) is 0.333. The molecule has 1 fully saturated rings. The molecule has 0 aliphatic heterocycles. The van der Waals surface area contributed by atoms with E-state index >= 15 is 0 Å². The van der Waals surface area contributed by atoms with Crippen molar-refractivity contribution in [2.45, 2.75) is 69.5 Å². The first kappa shape index (κ1) is 36.9. The van der Waals surface area contributed by atoms with E-state index < -0.39 is 28.5 Å². The van der Waals surface area contributed by atoms with E-state index in [1.807, 2.05) is 74.5 Å². The van der Waals surface area contributed by atoms with Gasteiger partial charge in [-0.25, -0.2) is 8.42 Å². The molecule has 0 radical (unpaired) electrons. The number of hydrogen-bond donors (Lipinski definition) is 1. The van der Waals surface area contributed by atoms with Crippen LogP contribution in [0.25, 0.3) is 0 Å². The van der Waals surface area contributed by atoms with Crippen LogP contribution in [0.3, 0.4) is 0 Å². The van der Waals surface area contributed by atoms with Crippen LogP contribution in [0.2, 0.25) is 0 Å². The van der Waals surface area contributed by atoms with Crippen LogP contribution < -0.4 is 19.1 Å². The number of rotatable bonds is 14. The van der Waals surface area contributed by atoms with E-state index in [4.69, 9.17) is 9.47 Å². The highest BCUT2D eigenvalue weighted by Crippen LogP contribution is 2.33. The quantitative estimate of drug-likeness (QED) is 0.149. The molecule has 2 amide bonds. The molecule has 0 bridgehead atoms. The number of anilines is 1. The summed E-state index contributed by atoms with van der Waals surface area (Å²) in [6, 6.07) is 26.0. The number of hydrogen-bond acceptors (Lipinski definition) is 6. The lowest BCUT2D eigenvalue weighted by molar-refractivity contribution is -0.140. The number of benzene rings is 4. The van der Waals surface area contributed by atoms with Gasteiger partial charge in [-0.1, -0.05) is 77.3 Å². The third-order valence-electron chi connectivity index (χ3n) is 8.96. The summed E-state index contributed by atoms with van der Waals surface area (Å²) in [5, 5.41) is 3.21. The summed E-state index contributed by atoms with van der Waals surface area (Å²) in [5.74, 6) is -0.160. The van der Waals surface area contributed by atoms with Crippen LogP contribution in [-0.2, 0) is 32.6 Å². The van der Waals surface area contributed by atoms with Crippen LogP contribution in [0.15, 0.2) is 100 Å². The molecule has 1 N–H and O–H groups in total. The standard InChI is InChI=1S/C39H44BrN3O6S/c1-27-20-28(2)22-33(21-27)43(50(46,47)34-18-19-36(48-3)37(24-34)49-4)26-38(44)42(25-30-14-16-31(40)17-15-30)35(23-29-10-6-5-7-11-29)39(45)41-32-12-8-9-13-32/h5-7,10-11,14-22,24,32,35H,8-9,12-13,23,25-26H2,1-4H3,(H,41,45)/t35-/m0/s1. The first-order valence-electron chi connectivity index (χ1n) is 16.7. The van der Waals surface area contributed by atoms with Crippen molar-refractivity contribution in [1.82, 2.24) is 10.2 Å². The van der Waals surface area contributed by atoms with Crippen LogP contribution in [0.4, 0.5) is 5.69 Å². The second-order valence-corrected chi connectivity index (χ2v) is 15.5. The van der Waals surface area contributed by atoms with Gasteiger partial charge in [0.25, 0.3) is 10.0 Å². The SMILES string of the molecule is COc1ccc(S(=O)(=O)N(CC(=O)N(Cc2ccc(Br)cc2)[C@@H](Cc2ccccc2)C(=O)NC2CCCC2)c2cc(C)cc(C)c2)cc1OC. The van der Waals surface area contributed by atoms with Crippen LogP contribution >= 0.6 is 15.9 Å². The van der Waals surface area contributed by atoms with Gasteiger partial charge in [0.1, 0.15) is 12.6 Å². The van der Waals surface area contributed by atoms with Gasteiger partial charge in [0, 0.05) is 29.5 Å². The lowest BCUT2D eigenvalue weighted by atomic mass is 10.0. The smallest absolute Gasteiger partial charge is 0.264 e. The Morgan fingerprint density at radius 3 is 2.10 bits per heavy atom. The highest BCUT2D eigenvalue weighted by Gasteiger charge is 2.36. The molecule has 264 valence electrons. The molecular weight excluding hydrogens is 718 g/mol. The molecule has 0 unspecified atom stereocenters. The Morgan fingerprint density at radius 2 is 1.48 bits per heavy atom. The van der Waals surface area contributed by atoms with E-state index in [2.05, 4.69) is 21.2 Å². The summed E-state index contributed by atoms with van der Waals surface area (Å²) in [6.07, 6.45) is 4.10. The number of carbonyl (C=O) groups excluding carboxylic acids is 2. The molecule has 0 spiro atoms. The van der Waals surface area contributed by atoms with Crippen molar-refractivity contribution in [1.29, 1.82) is 0 Å². The minimum atomic E-state index is -4.33. The largest absolute Gasteiger partial charge is 0.493 e. The molecule has 1 aliphatic rings. The van der Waals surface area contributed by atoms with E-state index in [-0.39, 0.29) is 35.6 Å². The zero-order chi connectivity index (χ0) is 35.8. The summed E-state index contributed by atoms with van der Waals surface area (Å²) in [4.78, 5) is 30.5. The number of nitrogens with one attached hydrogen (secondary N) is 1. The third kappa shape index (κ3) is 9.05. The third-order valence-corrected chi connectivity index (χ3v) is 11.3. The van der Waals surface area contributed by atoms with E-state index in [9.17, 15) is 18.0 Å². The lowest BCUT2D eigenvalue weighted by Crippen LogP contribution is -2.54. The molecule has 0 heterocycles. The Bertz CT molecular complexity index is 1880. The second kappa shape index (κ2) is 16.6. The van der Waals surface area contributed by atoms with Crippen LogP contribution in [0.1, 0.15) is 47.9 Å². The summed E-state index contributed by atoms with van der Waals surface area (Å²) in [6.45, 7) is 3.31. The zero-order valence-corrected chi connectivity index (χ0v) is 31.3. The Kier molecular flexibility index (Phi) is 12.2. The van der Waals surface area contributed by atoms with Crippen molar-refractivity contribution < 1.29 is 27.5 Å². The Balaban J connectivity index is 1.60. The highest BCUT2D eigenvalue weighted by atomic mass is 79.9. The second-order valence-electron chi connectivity index (χ2n) is 12.7. The number of carbonyl (C=O) groups is 2. The van der Waals surface area contributed by atoms with Gasteiger partial charge in [-0.05, 0) is 85.3 Å². The van der Waals surface area contributed by atoms with Crippen molar-refractivity contribution >= 4 is 43.5 Å². The minimum Gasteiger partial charge on any atom is -0.493 e. The number of methoxy groups -OCH3 is 2. The topological polar surface area (TPSA) is 105 Å². The molecule has 4 aromatic rings. The summed E-state index contributed by atoms with van der Waals surface area (Å²) >= 11 is 3.48. The fourth-order valence-corrected chi connectivity index (χ4v) is 8.11. The van der Waals surface area contributed by atoms with Crippen LogP contribution in [0, 0.1) is 13.8 Å². The molecule has 0 saturated heterocycles. The molecule has 1 saturated carbocycles. The summed E-state index contributed by atoms with van der Waals surface area (Å²) in [7, 11) is -1.43. The number of sulfonamides is 1. The maximum atomic E-state index is 14.8. The maximum Gasteiger partial charge on any atom is 0.264 e. The Labute approximate surface area is 303 Å². The predicted octanol–water partition coefficient (Wildman–Crippen LogP) is 6.98. The minimum absolute atomic E-state index is 0.0302. The zero-order valence-electron chi connectivity index (χ0n) is 28.9. The number of nitrogens with zero attached hydrogens (tertiary/aromatic N) is 2. The molecule has 4 aromatic carbocycles. The number of amides is 2. The molecule has 1 aliphatic carbocycles. The van der Waals surface area contributed by atoms with Crippen molar-refractivity contribution in [3.63, 3.8) is 0 Å². The van der Waals surface area contributed by atoms with E-state index in [0.717, 1.165) is 56.7 Å². The average molecular weight is 763 g/mol. The van der Waals surface area contributed by atoms with Gasteiger partial charge in [-0.3, -0.25) is 13.9 Å². The first-order chi connectivity index (χ1) is 24.0. The number of ether oxygens (including phenoxy) is 2. The van der Waals surface area contributed by atoms with Gasteiger partial charge in [0.05, 0.1) is 24.8 Å². The van der Waals surface area contributed by atoms with E-state index in [1.165, 1.54) is 37.3 Å². The van der Waals surface area contributed by atoms with Gasteiger partial charge in [-0.2, -0.15) is 0 Å². The molecule has 5 rings (SSSR count). The number of aryl methyl sites for hydroxylation is 2. The van der Waals surface area contributed by atoms with Gasteiger partial charge < -0.3 is 19.7 Å². The summed E-state index contributed by atoms with van der Waals surface area (Å²) in [5.41, 5.74) is 3.70. The molecule has 0 aromatic heterocycles. The molecule has 50 heavy (non-hydrogen) atoms. The predicted molar refractivity (Wildman–Crippen MR) is 199 cm³/mol.